The van der Waals surface area contributed by atoms with Crippen molar-refractivity contribution in [3.05, 3.63) is 34.9 Å². The lowest BCUT2D eigenvalue weighted by Crippen LogP contribution is -1.99. The maximum atomic E-state index is 2.35. The Morgan fingerprint density at radius 3 is 2.14 bits per heavy atom. The van der Waals surface area contributed by atoms with E-state index in [1.165, 1.54) is 43.2 Å². The first-order valence-electron chi connectivity index (χ1n) is 5.81. The molecule has 0 N–H and O–H groups in total. The van der Waals surface area contributed by atoms with E-state index in [0.29, 0.717) is 0 Å². The topological polar surface area (TPSA) is 0 Å². The fourth-order valence-electron chi connectivity index (χ4n) is 2.73. The Bertz CT molecular complexity index is 286. The van der Waals surface area contributed by atoms with Crippen molar-refractivity contribution in [2.75, 3.05) is 0 Å². The highest BCUT2D eigenvalue weighted by Gasteiger charge is 2.15. The summed E-state index contributed by atoms with van der Waals surface area (Å²) in [6.45, 7) is 4.40. The highest BCUT2D eigenvalue weighted by atomic mass is 14.2. The van der Waals surface area contributed by atoms with Gasteiger partial charge in [0.1, 0.15) is 0 Å². The lowest BCUT2D eigenvalue weighted by atomic mass is 9.96. The van der Waals surface area contributed by atoms with Crippen molar-refractivity contribution in [2.24, 2.45) is 5.92 Å². The van der Waals surface area contributed by atoms with E-state index in [2.05, 4.69) is 32.0 Å². The second kappa shape index (κ2) is 4.16. The molecular formula is C14H20. The van der Waals surface area contributed by atoms with Crippen LogP contribution in [0.1, 0.15) is 42.4 Å². The summed E-state index contributed by atoms with van der Waals surface area (Å²) >= 11 is 0. The van der Waals surface area contributed by atoms with Crippen molar-refractivity contribution in [1.82, 2.24) is 0 Å². The van der Waals surface area contributed by atoms with Crippen LogP contribution in [0.15, 0.2) is 18.2 Å². The van der Waals surface area contributed by atoms with Crippen LogP contribution in [0.3, 0.4) is 0 Å². The second-order valence-electron chi connectivity index (χ2n) is 4.85. The van der Waals surface area contributed by atoms with Crippen LogP contribution in [-0.4, -0.2) is 0 Å². The maximum absolute atomic E-state index is 2.35. The molecule has 1 fully saturated rings. The molecular weight excluding hydrogens is 168 g/mol. The molecule has 0 radical (unpaired) electrons. The van der Waals surface area contributed by atoms with Crippen LogP contribution in [0.4, 0.5) is 0 Å². The molecule has 1 aliphatic rings. The first-order valence-corrected chi connectivity index (χ1v) is 5.81. The van der Waals surface area contributed by atoms with Crippen molar-refractivity contribution in [3.63, 3.8) is 0 Å². The Labute approximate surface area is 87.3 Å². The summed E-state index contributed by atoms with van der Waals surface area (Å²) in [5.41, 5.74) is 4.38. The molecule has 1 aromatic carbocycles. The third-order valence-corrected chi connectivity index (χ3v) is 3.28. The third-order valence-electron chi connectivity index (χ3n) is 3.28. The van der Waals surface area contributed by atoms with E-state index in [-0.39, 0.29) is 0 Å². The van der Waals surface area contributed by atoms with E-state index in [9.17, 15) is 0 Å². The molecule has 0 saturated heterocycles. The highest BCUT2D eigenvalue weighted by Crippen LogP contribution is 2.28. The van der Waals surface area contributed by atoms with E-state index in [0.717, 1.165) is 5.92 Å². The average molecular weight is 188 g/mol. The molecule has 1 saturated carbocycles. The molecule has 0 unspecified atom stereocenters. The van der Waals surface area contributed by atoms with Gasteiger partial charge in [-0.2, -0.15) is 0 Å². The van der Waals surface area contributed by atoms with Crippen molar-refractivity contribution in [1.29, 1.82) is 0 Å². The Morgan fingerprint density at radius 1 is 1.00 bits per heavy atom. The van der Waals surface area contributed by atoms with Crippen molar-refractivity contribution < 1.29 is 0 Å². The minimum Gasteiger partial charge on any atom is -0.0564 e. The zero-order valence-corrected chi connectivity index (χ0v) is 9.34. The largest absolute Gasteiger partial charge is 0.0564 e. The minimum absolute atomic E-state index is 0.969. The fraction of sp³-hybridized carbons (Fsp3) is 0.571. The number of aryl methyl sites for hydroxylation is 2. The normalized spacial score (nSPS) is 17.6. The predicted octanol–water partition coefficient (Wildman–Crippen LogP) is 4.04. The van der Waals surface area contributed by atoms with Crippen molar-refractivity contribution >= 4 is 0 Å². The van der Waals surface area contributed by atoms with Crippen LogP contribution in [0.2, 0.25) is 0 Å². The molecule has 76 valence electrons. The molecule has 1 aliphatic carbocycles. The van der Waals surface area contributed by atoms with Crippen molar-refractivity contribution in [3.8, 4) is 0 Å². The standard InChI is InChI=1S/C14H20/c1-11-7-12(2)9-14(8-11)10-13-5-3-4-6-13/h7-9,13H,3-6,10H2,1-2H3. The first kappa shape index (κ1) is 9.76. The Balaban J connectivity index is 2.07. The summed E-state index contributed by atoms with van der Waals surface area (Å²) in [7, 11) is 0. The number of hydrogen-bond acceptors (Lipinski definition) is 0. The SMILES string of the molecule is Cc1cc(C)cc(CC2CCCC2)c1. The van der Waals surface area contributed by atoms with Gasteiger partial charge in [0.05, 0.1) is 0 Å². The summed E-state index contributed by atoms with van der Waals surface area (Å²) in [6.07, 6.45) is 7.12. The second-order valence-corrected chi connectivity index (χ2v) is 4.85. The Morgan fingerprint density at radius 2 is 1.57 bits per heavy atom. The van der Waals surface area contributed by atoms with E-state index in [4.69, 9.17) is 0 Å². The molecule has 0 amide bonds. The lowest BCUT2D eigenvalue weighted by Gasteiger charge is -2.10. The molecule has 0 atom stereocenters. The van der Waals surface area contributed by atoms with Gasteiger partial charge >= 0.3 is 0 Å². The quantitative estimate of drug-likeness (QED) is 0.657. The molecule has 0 nitrogen and oxygen atoms in total. The van der Waals surface area contributed by atoms with Gasteiger partial charge < -0.3 is 0 Å². The molecule has 2 rings (SSSR count). The minimum atomic E-state index is 0.969. The third kappa shape index (κ3) is 2.37. The van der Waals surface area contributed by atoms with Gasteiger partial charge in [-0.25, -0.2) is 0 Å². The van der Waals surface area contributed by atoms with Gasteiger partial charge in [-0.3, -0.25) is 0 Å². The number of rotatable bonds is 2. The van der Waals surface area contributed by atoms with Crippen LogP contribution in [-0.2, 0) is 6.42 Å². The van der Waals surface area contributed by atoms with E-state index in [1.54, 1.807) is 5.56 Å². The Hall–Kier alpha value is -0.780. The number of benzene rings is 1. The smallest absolute Gasteiger partial charge is 0.0250 e. The summed E-state index contributed by atoms with van der Waals surface area (Å²) in [6, 6.07) is 6.97. The van der Waals surface area contributed by atoms with Crippen molar-refractivity contribution in [2.45, 2.75) is 46.0 Å². The van der Waals surface area contributed by atoms with Crippen LogP contribution >= 0.6 is 0 Å². The first-order chi connectivity index (χ1) is 6.74. The number of hydrogen-bond donors (Lipinski definition) is 0. The van der Waals surface area contributed by atoms with Crippen LogP contribution in [0.5, 0.6) is 0 Å². The monoisotopic (exact) mass is 188 g/mol. The molecule has 0 bridgehead atoms. The summed E-state index contributed by atoms with van der Waals surface area (Å²) in [5.74, 6) is 0.969. The van der Waals surface area contributed by atoms with Gasteiger partial charge in [0.2, 0.25) is 0 Å². The molecule has 0 aromatic heterocycles. The molecule has 14 heavy (non-hydrogen) atoms. The van der Waals surface area contributed by atoms with Gasteiger partial charge in [-0.1, -0.05) is 55.0 Å². The lowest BCUT2D eigenvalue weighted by molar-refractivity contribution is 0.546. The van der Waals surface area contributed by atoms with E-state index >= 15 is 0 Å². The van der Waals surface area contributed by atoms with Gasteiger partial charge in [0.25, 0.3) is 0 Å². The maximum Gasteiger partial charge on any atom is -0.0250 e. The summed E-state index contributed by atoms with van der Waals surface area (Å²) in [5, 5.41) is 0. The molecule has 0 aliphatic heterocycles. The highest BCUT2D eigenvalue weighted by molar-refractivity contribution is 5.28. The van der Waals surface area contributed by atoms with Gasteiger partial charge in [0, 0.05) is 0 Å². The van der Waals surface area contributed by atoms with Crippen LogP contribution in [0, 0.1) is 19.8 Å². The molecule has 0 heteroatoms. The van der Waals surface area contributed by atoms with Gasteiger partial charge in [-0.05, 0) is 31.7 Å². The van der Waals surface area contributed by atoms with E-state index in [1.807, 2.05) is 0 Å². The fourth-order valence-corrected chi connectivity index (χ4v) is 2.73. The summed E-state index contributed by atoms with van der Waals surface area (Å²) < 4.78 is 0. The van der Waals surface area contributed by atoms with Crippen LogP contribution in [0.25, 0.3) is 0 Å². The summed E-state index contributed by atoms with van der Waals surface area (Å²) in [4.78, 5) is 0. The van der Waals surface area contributed by atoms with Gasteiger partial charge in [-0.15, -0.1) is 0 Å². The molecule has 0 heterocycles. The molecule has 1 aromatic rings. The zero-order valence-electron chi connectivity index (χ0n) is 9.34. The van der Waals surface area contributed by atoms with Gasteiger partial charge in [0.15, 0.2) is 0 Å². The Kier molecular flexibility index (Phi) is 2.90. The zero-order chi connectivity index (χ0) is 9.97. The predicted molar refractivity (Wildman–Crippen MR) is 61.6 cm³/mol. The molecule has 0 spiro atoms. The van der Waals surface area contributed by atoms with Crippen LogP contribution < -0.4 is 0 Å². The van der Waals surface area contributed by atoms with E-state index < -0.39 is 0 Å². The average Bonchev–Trinajstić information content (AvgIpc) is 2.54.